The molecule has 1 aromatic heterocycles. The zero-order chi connectivity index (χ0) is 10.2. The Balaban J connectivity index is 2.40. The van der Waals surface area contributed by atoms with Gasteiger partial charge in [-0.15, -0.1) is 11.3 Å². The van der Waals surface area contributed by atoms with Crippen molar-refractivity contribution >= 4 is 11.3 Å². The van der Waals surface area contributed by atoms with E-state index < -0.39 is 0 Å². The molecule has 1 heterocycles. The standard InChI is InChI=1S/C11H12O2S/c1-11(10-3-2-4-14-10)6-8(12)5-9(13)7-11/h2-6,12-13H,7H2,1H3. The summed E-state index contributed by atoms with van der Waals surface area (Å²) in [5.41, 5.74) is -0.267. The highest BCUT2D eigenvalue weighted by Gasteiger charge is 2.30. The monoisotopic (exact) mass is 208 g/mol. The second-order valence-corrected chi connectivity index (χ2v) is 4.72. The van der Waals surface area contributed by atoms with Crippen LogP contribution in [0.5, 0.6) is 0 Å². The third-order valence-electron chi connectivity index (χ3n) is 2.41. The average Bonchev–Trinajstić information content (AvgIpc) is 2.52. The molecular formula is C11H12O2S. The zero-order valence-corrected chi connectivity index (χ0v) is 8.71. The minimum Gasteiger partial charge on any atom is -0.512 e. The lowest BCUT2D eigenvalue weighted by Gasteiger charge is -2.27. The van der Waals surface area contributed by atoms with E-state index in [1.54, 1.807) is 17.4 Å². The highest BCUT2D eigenvalue weighted by molar-refractivity contribution is 7.10. The fourth-order valence-electron chi connectivity index (χ4n) is 1.78. The Morgan fingerprint density at radius 1 is 1.43 bits per heavy atom. The van der Waals surface area contributed by atoms with E-state index in [1.165, 1.54) is 6.08 Å². The van der Waals surface area contributed by atoms with Gasteiger partial charge in [-0.3, -0.25) is 0 Å². The molecule has 0 saturated heterocycles. The molecule has 2 rings (SSSR count). The molecule has 1 atom stereocenters. The lowest BCUT2D eigenvalue weighted by Crippen LogP contribution is -2.21. The van der Waals surface area contributed by atoms with Crippen molar-refractivity contribution in [3.8, 4) is 0 Å². The molecule has 0 fully saturated rings. The Labute approximate surface area is 86.8 Å². The maximum atomic E-state index is 9.48. The lowest BCUT2D eigenvalue weighted by molar-refractivity contribution is 0.330. The SMILES string of the molecule is CC1(c2cccs2)C=C(O)C=C(O)C1. The topological polar surface area (TPSA) is 40.5 Å². The number of aliphatic hydroxyl groups is 2. The van der Waals surface area contributed by atoms with E-state index in [1.807, 2.05) is 24.4 Å². The number of rotatable bonds is 1. The normalized spacial score (nSPS) is 26.9. The zero-order valence-electron chi connectivity index (χ0n) is 7.90. The van der Waals surface area contributed by atoms with Gasteiger partial charge in [-0.25, -0.2) is 0 Å². The number of allylic oxidation sites excluding steroid dienone is 3. The van der Waals surface area contributed by atoms with Gasteiger partial charge in [0.25, 0.3) is 0 Å². The second-order valence-electron chi connectivity index (χ2n) is 3.78. The third-order valence-corrected chi connectivity index (χ3v) is 3.56. The summed E-state index contributed by atoms with van der Waals surface area (Å²) in [6.07, 6.45) is 3.74. The smallest absolute Gasteiger partial charge is 0.115 e. The van der Waals surface area contributed by atoms with Crippen LogP contribution in [0.2, 0.25) is 0 Å². The van der Waals surface area contributed by atoms with E-state index in [4.69, 9.17) is 0 Å². The van der Waals surface area contributed by atoms with Crippen LogP contribution in [0.1, 0.15) is 18.2 Å². The molecule has 0 saturated carbocycles. The minimum atomic E-state index is -0.267. The van der Waals surface area contributed by atoms with Gasteiger partial charge >= 0.3 is 0 Å². The maximum Gasteiger partial charge on any atom is 0.115 e. The molecule has 0 radical (unpaired) electrons. The molecule has 14 heavy (non-hydrogen) atoms. The van der Waals surface area contributed by atoms with Crippen molar-refractivity contribution in [1.82, 2.24) is 0 Å². The van der Waals surface area contributed by atoms with Gasteiger partial charge in [0.2, 0.25) is 0 Å². The highest BCUT2D eigenvalue weighted by Crippen LogP contribution is 2.38. The quantitative estimate of drug-likeness (QED) is 0.743. The minimum absolute atomic E-state index is 0.143. The van der Waals surface area contributed by atoms with Crippen LogP contribution >= 0.6 is 11.3 Å². The van der Waals surface area contributed by atoms with E-state index >= 15 is 0 Å². The number of hydrogen-bond acceptors (Lipinski definition) is 3. The molecule has 1 unspecified atom stereocenters. The summed E-state index contributed by atoms with van der Waals surface area (Å²) in [4.78, 5) is 1.16. The van der Waals surface area contributed by atoms with Crippen LogP contribution in [0, 0.1) is 0 Å². The van der Waals surface area contributed by atoms with Crippen LogP contribution in [0.25, 0.3) is 0 Å². The Kier molecular flexibility index (Phi) is 2.11. The molecule has 1 aliphatic carbocycles. The predicted molar refractivity (Wildman–Crippen MR) is 57.7 cm³/mol. The molecule has 1 aliphatic rings. The van der Waals surface area contributed by atoms with Crippen molar-refractivity contribution in [2.45, 2.75) is 18.8 Å². The summed E-state index contributed by atoms with van der Waals surface area (Å²) >= 11 is 1.64. The first-order valence-electron chi connectivity index (χ1n) is 4.45. The summed E-state index contributed by atoms with van der Waals surface area (Å²) in [5, 5.41) is 20.9. The summed E-state index contributed by atoms with van der Waals surface area (Å²) in [5.74, 6) is 0.380. The molecule has 0 aromatic carbocycles. The number of aliphatic hydroxyl groups excluding tert-OH is 2. The highest BCUT2D eigenvalue weighted by atomic mass is 32.1. The molecule has 0 spiro atoms. The first-order chi connectivity index (χ1) is 6.60. The van der Waals surface area contributed by atoms with E-state index in [-0.39, 0.29) is 16.9 Å². The molecule has 3 heteroatoms. The van der Waals surface area contributed by atoms with Gasteiger partial charge in [-0.1, -0.05) is 13.0 Å². The van der Waals surface area contributed by atoms with Gasteiger partial charge in [-0.2, -0.15) is 0 Å². The van der Waals surface area contributed by atoms with E-state index in [0.29, 0.717) is 6.42 Å². The van der Waals surface area contributed by atoms with E-state index in [0.717, 1.165) is 4.88 Å². The van der Waals surface area contributed by atoms with Crippen molar-refractivity contribution in [1.29, 1.82) is 0 Å². The average molecular weight is 208 g/mol. The molecule has 2 N–H and O–H groups in total. The Bertz CT molecular complexity index is 389. The maximum absolute atomic E-state index is 9.48. The van der Waals surface area contributed by atoms with Gasteiger partial charge in [0.1, 0.15) is 5.76 Å². The largest absolute Gasteiger partial charge is 0.512 e. The van der Waals surface area contributed by atoms with Gasteiger partial charge in [0, 0.05) is 22.8 Å². The van der Waals surface area contributed by atoms with Gasteiger partial charge < -0.3 is 10.2 Å². The molecule has 74 valence electrons. The molecule has 0 bridgehead atoms. The van der Waals surface area contributed by atoms with Gasteiger partial charge in [0.15, 0.2) is 0 Å². The summed E-state index contributed by atoms with van der Waals surface area (Å²) in [6, 6.07) is 4.00. The Hall–Kier alpha value is -1.22. The Morgan fingerprint density at radius 3 is 2.79 bits per heavy atom. The number of thiophene rings is 1. The first-order valence-corrected chi connectivity index (χ1v) is 5.33. The molecule has 2 nitrogen and oxygen atoms in total. The van der Waals surface area contributed by atoms with Crippen LogP contribution in [0.3, 0.4) is 0 Å². The lowest BCUT2D eigenvalue weighted by atomic mass is 9.81. The second kappa shape index (κ2) is 3.17. The van der Waals surface area contributed by atoms with Crippen LogP contribution in [0.4, 0.5) is 0 Å². The van der Waals surface area contributed by atoms with E-state index in [9.17, 15) is 10.2 Å². The first kappa shape index (κ1) is 9.34. The van der Waals surface area contributed by atoms with Crippen molar-refractivity contribution in [3.63, 3.8) is 0 Å². The molecule has 0 aliphatic heterocycles. The Morgan fingerprint density at radius 2 is 2.21 bits per heavy atom. The van der Waals surface area contributed by atoms with Crippen LogP contribution < -0.4 is 0 Å². The van der Waals surface area contributed by atoms with Crippen LogP contribution in [-0.2, 0) is 5.41 Å². The fraction of sp³-hybridized carbons (Fsp3) is 0.273. The predicted octanol–water partition coefficient (Wildman–Crippen LogP) is 3.29. The van der Waals surface area contributed by atoms with Crippen molar-refractivity contribution in [2.24, 2.45) is 0 Å². The fourth-order valence-corrected chi connectivity index (χ4v) is 2.64. The van der Waals surface area contributed by atoms with Crippen LogP contribution in [-0.4, -0.2) is 10.2 Å². The van der Waals surface area contributed by atoms with Gasteiger partial charge in [0.05, 0.1) is 5.76 Å². The van der Waals surface area contributed by atoms with Crippen molar-refractivity contribution < 1.29 is 10.2 Å². The third kappa shape index (κ3) is 1.55. The number of hydrogen-bond donors (Lipinski definition) is 2. The summed E-state index contributed by atoms with van der Waals surface area (Å²) in [6.45, 7) is 2.01. The van der Waals surface area contributed by atoms with Crippen molar-refractivity contribution in [3.05, 3.63) is 46.1 Å². The van der Waals surface area contributed by atoms with Gasteiger partial charge in [-0.05, 0) is 17.5 Å². The van der Waals surface area contributed by atoms with Crippen molar-refractivity contribution in [2.75, 3.05) is 0 Å². The van der Waals surface area contributed by atoms with Crippen LogP contribution in [0.15, 0.2) is 41.2 Å². The molecular weight excluding hydrogens is 196 g/mol. The molecule has 1 aromatic rings. The van der Waals surface area contributed by atoms with E-state index in [2.05, 4.69) is 0 Å². The summed E-state index contributed by atoms with van der Waals surface area (Å²) in [7, 11) is 0. The molecule has 0 amide bonds. The summed E-state index contributed by atoms with van der Waals surface area (Å²) < 4.78 is 0.